The number of sulfonamides is 1. The third kappa shape index (κ3) is 3.99. The number of nitrogens with two attached hydrogens (primary N) is 1. The summed E-state index contributed by atoms with van der Waals surface area (Å²) < 4.78 is 24.9. The van der Waals surface area contributed by atoms with Crippen LogP contribution in [0, 0.1) is 0 Å². The molecule has 0 atom stereocenters. The van der Waals surface area contributed by atoms with E-state index >= 15 is 0 Å². The SMILES string of the molecule is CS(=O)(=O)N(CC(=O)NN)c1cccc(Br)c1. The largest absolute Gasteiger partial charge is 0.293 e. The van der Waals surface area contributed by atoms with E-state index in [0.29, 0.717) is 5.69 Å². The summed E-state index contributed by atoms with van der Waals surface area (Å²) in [6, 6.07) is 6.63. The molecule has 0 radical (unpaired) electrons. The third-order valence-electron chi connectivity index (χ3n) is 1.94. The first-order valence-corrected chi connectivity index (χ1v) is 7.21. The van der Waals surface area contributed by atoms with E-state index in [4.69, 9.17) is 5.84 Å². The normalized spacial score (nSPS) is 11.0. The zero-order valence-corrected chi connectivity index (χ0v) is 11.5. The molecule has 1 amide bonds. The van der Waals surface area contributed by atoms with Crippen LogP contribution in [0.4, 0.5) is 5.69 Å². The highest BCUT2D eigenvalue weighted by atomic mass is 79.9. The van der Waals surface area contributed by atoms with Gasteiger partial charge in [0, 0.05) is 4.47 Å². The smallest absolute Gasteiger partial charge is 0.254 e. The number of anilines is 1. The van der Waals surface area contributed by atoms with E-state index in [1.807, 2.05) is 5.43 Å². The van der Waals surface area contributed by atoms with Crippen molar-refractivity contribution in [3.05, 3.63) is 28.7 Å². The average molecular weight is 322 g/mol. The minimum Gasteiger partial charge on any atom is -0.293 e. The fraction of sp³-hybridized carbons (Fsp3) is 0.222. The van der Waals surface area contributed by atoms with Crippen LogP contribution in [0.15, 0.2) is 28.7 Å². The number of hydrogen-bond acceptors (Lipinski definition) is 4. The number of amides is 1. The molecule has 1 aromatic rings. The zero-order valence-electron chi connectivity index (χ0n) is 9.05. The van der Waals surface area contributed by atoms with E-state index in [2.05, 4.69) is 15.9 Å². The van der Waals surface area contributed by atoms with Crippen LogP contribution in [0.3, 0.4) is 0 Å². The molecule has 8 heteroatoms. The molecule has 17 heavy (non-hydrogen) atoms. The number of nitrogens with zero attached hydrogens (tertiary/aromatic N) is 1. The Balaban J connectivity index is 3.12. The molecule has 0 spiro atoms. The van der Waals surface area contributed by atoms with Gasteiger partial charge in [0.25, 0.3) is 5.91 Å². The summed E-state index contributed by atoms with van der Waals surface area (Å²) in [5, 5.41) is 0. The van der Waals surface area contributed by atoms with Gasteiger partial charge < -0.3 is 0 Å². The Morgan fingerprint density at radius 2 is 2.18 bits per heavy atom. The molecule has 1 aromatic carbocycles. The van der Waals surface area contributed by atoms with E-state index in [0.717, 1.165) is 15.0 Å². The molecule has 0 aromatic heterocycles. The van der Waals surface area contributed by atoms with Gasteiger partial charge in [-0.2, -0.15) is 0 Å². The number of benzene rings is 1. The maximum Gasteiger partial charge on any atom is 0.254 e. The lowest BCUT2D eigenvalue weighted by molar-refractivity contribution is -0.119. The lowest BCUT2D eigenvalue weighted by Gasteiger charge is -2.21. The Morgan fingerprint density at radius 1 is 1.53 bits per heavy atom. The fourth-order valence-corrected chi connectivity index (χ4v) is 2.44. The lowest BCUT2D eigenvalue weighted by atomic mass is 10.3. The first kappa shape index (κ1) is 13.9. The lowest BCUT2D eigenvalue weighted by Crippen LogP contribution is -2.42. The Kier molecular flexibility index (Phi) is 4.49. The molecule has 3 N–H and O–H groups in total. The molecule has 6 nitrogen and oxygen atoms in total. The van der Waals surface area contributed by atoms with Gasteiger partial charge in [-0.05, 0) is 18.2 Å². The van der Waals surface area contributed by atoms with Crippen LogP contribution in [0.1, 0.15) is 0 Å². The number of carbonyl (C=O) groups is 1. The Labute approximate surface area is 108 Å². The highest BCUT2D eigenvalue weighted by Gasteiger charge is 2.20. The van der Waals surface area contributed by atoms with Crippen molar-refractivity contribution in [1.29, 1.82) is 0 Å². The molecule has 0 heterocycles. The predicted octanol–water partition coefficient (Wildman–Crippen LogP) is 0.205. The van der Waals surface area contributed by atoms with Gasteiger partial charge in [0.15, 0.2) is 0 Å². The second-order valence-electron chi connectivity index (χ2n) is 3.32. The van der Waals surface area contributed by atoms with E-state index in [1.54, 1.807) is 24.3 Å². The van der Waals surface area contributed by atoms with Crippen LogP contribution in [0.2, 0.25) is 0 Å². The van der Waals surface area contributed by atoms with Crippen molar-refractivity contribution < 1.29 is 13.2 Å². The van der Waals surface area contributed by atoms with Gasteiger partial charge in [-0.25, -0.2) is 14.3 Å². The minimum atomic E-state index is -3.54. The molecule has 94 valence electrons. The van der Waals surface area contributed by atoms with E-state index in [1.165, 1.54) is 0 Å². The maximum absolute atomic E-state index is 11.6. The Bertz CT molecular complexity index is 518. The summed E-state index contributed by atoms with van der Waals surface area (Å²) in [5.74, 6) is 4.35. The second kappa shape index (κ2) is 5.48. The molecule has 0 bridgehead atoms. The summed E-state index contributed by atoms with van der Waals surface area (Å²) in [7, 11) is -3.54. The van der Waals surface area contributed by atoms with E-state index in [-0.39, 0.29) is 6.54 Å². The third-order valence-corrected chi connectivity index (χ3v) is 3.58. The topological polar surface area (TPSA) is 92.5 Å². The zero-order chi connectivity index (χ0) is 13.1. The van der Waals surface area contributed by atoms with Crippen LogP contribution in [0.5, 0.6) is 0 Å². The summed E-state index contributed by atoms with van der Waals surface area (Å²) in [6.45, 7) is -0.355. The summed E-state index contributed by atoms with van der Waals surface area (Å²) in [6.07, 6.45) is 1.03. The first-order chi connectivity index (χ1) is 7.84. The maximum atomic E-state index is 11.6. The Morgan fingerprint density at radius 3 is 2.65 bits per heavy atom. The van der Waals surface area contributed by atoms with Gasteiger partial charge in [-0.3, -0.25) is 14.5 Å². The van der Waals surface area contributed by atoms with Crippen LogP contribution in [-0.2, 0) is 14.8 Å². The van der Waals surface area contributed by atoms with Crippen LogP contribution >= 0.6 is 15.9 Å². The molecule has 0 saturated carbocycles. The summed E-state index contributed by atoms with van der Waals surface area (Å²) in [5.41, 5.74) is 2.29. The number of carbonyl (C=O) groups excluding carboxylic acids is 1. The molecule has 0 unspecified atom stereocenters. The quantitative estimate of drug-likeness (QED) is 0.471. The van der Waals surface area contributed by atoms with Crippen molar-refractivity contribution in [2.75, 3.05) is 17.1 Å². The molecular formula is C9H12BrN3O3S. The van der Waals surface area contributed by atoms with Crippen LogP contribution in [-0.4, -0.2) is 27.1 Å². The predicted molar refractivity (Wildman–Crippen MR) is 68.7 cm³/mol. The van der Waals surface area contributed by atoms with Crippen LogP contribution in [0.25, 0.3) is 0 Å². The van der Waals surface area contributed by atoms with Crippen molar-refractivity contribution in [3.63, 3.8) is 0 Å². The van der Waals surface area contributed by atoms with Gasteiger partial charge in [0.05, 0.1) is 11.9 Å². The molecule has 1 rings (SSSR count). The number of hydrogen-bond donors (Lipinski definition) is 2. The molecule has 0 aliphatic heterocycles. The highest BCUT2D eigenvalue weighted by molar-refractivity contribution is 9.10. The second-order valence-corrected chi connectivity index (χ2v) is 6.14. The number of halogens is 1. The van der Waals surface area contributed by atoms with E-state index in [9.17, 15) is 13.2 Å². The molecule has 0 fully saturated rings. The highest BCUT2D eigenvalue weighted by Crippen LogP contribution is 2.21. The molecule has 0 aliphatic rings. The minimum absolute atomic E-state index is 0.355. The summed E-state index contributed by atoms with van der Waals surface area (Å²) in [4.78, 5) is 11.2. The van der Waals surface area contributed by atoms with Crippen molar-refractivity contribution in [3.8, 4) is 0 Å². The van der Waals surface area contributed by atoms with Gasteiger partial charge in [-0.1, -0.05) is 22.0 Å². The standard InChI is InChI=1S/C9H12BrN3O3S/c1-17(15,16)13(6-9(14)12-11)8-4-2-3-7(10)5-8/h2-5H,6,11H2,1H3,(H,12,14). The number of rotatable bonds is 4. The Hall–Kier alpha value is -1.12. The first-order valence-electron chi connectivity index (χ1n) is 4.57. The fourth-order valence-electron chi connectivity index (χ4n) is 1.21. The van der Waals surface area contributed by atoms with Crippen molar-refractivity contribution in [2.45, 2.75) is 0 Å². The molecule has 0 aliphatic carbocycles. The van der Waals surface area contributed by atoms with Gasteiger partial charge >= 0.3 is 0 Å². The summed E-state index contributed by atoms with van der Waals surface area (Å²) >= 11 is 3.23. The molecule has 0 saturated heterocycles. The van der Waals surface area contributed by atoms with E-state index < -0.39 is 15.9 Å². The number of nitrogens with one attached hydrogen (secondary N) is 1. The van der Waals surface area contributed by atoms with Crippen molar-refractivity contribution in [1.82, 2.24) is 5.43 Å². The van der Waals surface area contributed by atoms with Crippen LogP contribution < -0.4 is 15.6 Å². The number of hydrazine groups is 1. The monoisotopic (exact) mass is 321 g/mol. The van der Waals surface area contributed by atoms with Gasteiger partial charge in [0.2, 0.25) is 10.0 Å². The van der Waals surface area contributed by atoms with Gasteiger partial charge in [-0.15, -0.1) is 0 Å². The van der Waals surface area contributed by atoms with Crippen molar-refractivity contribution in [2.24, 2.45) is 5.84 Å². The van der Waals surface area contributed by atoms with Crippen molar-refractivity contribution >= 4 is 37.5 Å². The average Bonchev–Trinajstić information content (AvgIpc) is 2.23. The van der Waals surface area contributed by atoms with Gasteiger partial charge in [0.1, 0.15) is 6.54 Å². The molecular weight excluding hydrogens is 310 g/mol.